The van der Waals surface area contributed by atoms with E-state index in [-0.39, 0.29) is 11.5 Å². The van der Waals surface area contributed by atoms with E-state index in [1.54, 1.807) is 73.8 Å². The van der Waals surface area contributed by atoms with Crippen molar-refractivity contribution in [2.24, 2.45) is 0 Å². The van der Waals surface area contributed by atoms with Crippen LogP contribution in [-0.4, -0.2) is 40.2 Å². The Morgan fingerprint density at radius 3 is 2.12 bits per heavy atom. The van der Waals surface area contributed by atoms with Crippen LogP contribution in [-0.2, 0) is 0 Å². The fraction of sp³-hybridized carbons (Fsp3) is 0.154. The maximum atomic E-state index is 12.7. The van der Waals surface area contributed by atoms with Gasteiger partial charge in [-0.3, -0.25) is 4.79 Å². The largest absolute Gasteiger partial charge is 0.497 e. The topological polar surface area (TPSA) is 80.3 Å². The first-order chi connectivity index (χ1) is 16.0. The molecule has 0 atom stereocenters. The number of esters is 1. The second-order valence-corrected chi connectivity index (χ2v) is 6.80. The van der Waals surface area contributed by atoms with Crippen LogP contribution in [0.3, 0.4) is 0 Å². The Bertz CT molecular complexity index is 1180. The van der Waals surface area contributed by atoms with Gasteiger partial charge in [0.2, 0.25) is 0 Å². The number of ether oxygens (including phenoxy) is 5. The van der Waals surface area contributed by atoms with Crippen LogP contribution in [0.5, 0.6) is 28.7 Å². The van der Waals surface area contributed by atoms with Crippen molar-refractivity contribution in [3.05, 3.63) is 83.4 Å². The van der Waals surface area contributed by atoms with Crippen LogP contribution < -0.4 is 23.7 Å². The molecule has 3 aromatic rings. The van der Waals surface area contributed by atoms with Crippen molar-refractivity contribution in [3.8, 4) is 28.7 Å². The van der Waals surface area contributed by atoms with E-state index in [2.05, 4.69) is 0 Å². The van der Waals surface area contributed by atoms with Crippen LogP contribution in [0.1, 0.15) is 26.3 Å². The van der Waals surface area contributed by atoms with Crippen molar-refractivity contribution in [2.75, 3.05) is 28.4 Å². The Balaban J connectivity index is 1.77. The van der Waals surface area contributed by atoms with Crippen LogP contribution in [0.15, 0.2) is 66.7 Å². The molecule has 0 unspecified atom stereocenters. The predicted molar refractivity (Wildman–Crippen MR) is 124 cm³/mol. The molecular weight excluding hydrogens is 424 g/mol. The average Bonchev–Trinajstić information content (AvgIpc) is 2.87. The second kappa shape index (κ2) is 10.9. The maximum Gasteiger partial charge on any atom is 0.343 e. The molecule has 0 N–H and O–H groups in total. The fourth-order valence-corrected chi connectivity index (χ4v) is 3.04. The van der Waals surface area contributed by atoms with Gasteiger partial charge in [0, 0.05) is 6.07 Å². The zero-order valence-electron chi connectivity index (χ0n) is 18.8. The summed E-state index contributed by atoms with van der Waals surface area (Å²) in [5, 5.41) is 0. The Morgan fingerprint density at radius 2 is 1.42 bits per heavy atom. The molecule has 0 aliphatic carbocycles. The number of hydrogen-bond donors (Lipinski definition) is 0. The van der Waals surface area contributed by atoms with Gasteiger partial charge in [-0.05, 0) is 54.1 Å². The van der Waals surface area contributed by atoms with Gasteiger partial charge < -0.3 is 23.7 Å². The third-order valence-electron chi connectivity index (χ3n) is 4.80. The molecule has 0 fully saturated rings. The van der Waals surface area contributed by atoms with Crippen LogP contribution in [0.25, 0.3) is 6.08 Å². The van der Waals surface area contributed by atoms with Crippen LogP contribution in [0, 0.1) is 0 Å². The van der Waals surface area contributed by atoms with Gasteiger partial charge in [0.15, 0.2) is 17.3 Å². The molecule has 0 amide bonds. The van der Waals surface area contributed by atoms with Crippen LogP contribution in [0.2, 0.25) is 0 Å². The van der Waals surface area contributed by atoms with E-state index >= 15 is 0 Å². The van der Waals surface area contributed by atoms with Crippen molar-refractivity contribution in [2.45, 2.75) is 0 Å². The zero-order valence-corrected chi connectivity index (χ0v) is 18.8. The number of allylic oxidation sites excluding steroid dienone is 1. The molecule has 0 aliphatic heterocycles. The van der Waals surface area contributed by atoms with Gasteiger partial charge in [-0.15, -0.1) is 0 Å². The van der Waals surface area contributed by atoms with Gasteiger partial charge in [-0.1, -0.05) is 18.2 Å². The minimum Gasteiger partial charge on any atom is -0.497 e. The molecule has 33 heavy (non-hydrogen) atoms. The number of rotatable bonds is 9. The van der Waals surface area contributed by atoms with Crippen molar-refractivity contribution in [1.82, 2.24) is 0 Å². The summed E-state index contributed by atoms with van der Waals surface area (Å²) in [6, 6.07) is 16.6. The first-order valence-corrected chi connectivity index (χ1v) is 9.97. The monoisotopic (exact) mass is 448 g/mol. The summed E-state index contributed by atoms with van der Waals surface area (Å²) in [7, 11) is 6.03. The highest BCUT2D eigenvalue weighted by atomic mass is 16.6. The lowest BCUT2D eigenvalue weighted by Crippen LogP contribution is -2.09. The van der Waals surface area contributed by atoms with Crippen molar-refractivity contribution < 1.29 is 33.3 Å². The van der Waals surface area contributed by atoms with Gasteiger partial charge in [0.25, 0.3) is 0 Å². The SMILES string of the molecule is COc1cccc(C(=O)Oc2ccc(C=CC(=O)c3ccc(OC)cc3OC)cc2OC)c1. The zero-order chi connectivity index (χ0) is 23.8. The summed E-state index contributed by atoms with van der Waals surface area (Å²) in [6.45, 7) is 0. The molecule has 0 radical (unpaired) electrons. The number of hydrogen-bond acceptors (Lipinski definition) is 7. The predicted octanol–water partition coefficient (Wildman–Crippen LogP) is 4.84. The van der Waals surface area contributed by atoms with Gasteiger partial charge in [-0.25, -0.2) is 4.79 Å². The molecule has 0 aromatic heterocycles. The summed E-state index contributed by atoms with van der Waals surface area (Å²) in [6.07, 6.45) is 3.07. The quantitative estimate of drug-likeness (QED) is 0.201. The van der Waals surface area contributed by atoms with E-state index < -0.39 is 5.97 Å². The Hall–Kier alpha value is -4.26. The summed E-state index contributed by atoms with van der Waals surface area (Å²) in [4.78, 5) is 25.2. The second-order valence-electron chi connectivity index (χ2n) is 6.80. The standard InChI is InChI=1S/C26H24O7/c1-29-19-7-5-6-18(15-19)26(28)33-23-13-9-17(14-25(23)32-4)8-12-22(27)21-11-10-20(30-2)16-24(21)31-3/h5-16H,1-4H3. The third kappa shape index (κ3) is 5.71. The minimum atomic E-state index is -0.544. The van der Waals surface area contributed by atoms with Crippen LogP contribution in [0.4, 0.5) is 0 Å². The number of carbonyl (C=O) groups is 2. The Kier molecular flexibility index (Phi) is 7.70. The van der Waals surface area contributed by atoms with Gasteiger partial charge in [-0.2, -0.15) is 0 Å². The van der Waals surface area contributed by atoms with E-state index in [1.165, 1.54) is 27.4 Å². The van der Waals surface area contributed by atoms with E-state index in [4.69, 9.17) is 23.7 Å². The molecule has 0 spiro atoms. The molecule has 0 heterocycles. The van der Waals surface area contributed by atoms with Gasteiger partial charge >= 0.3 is 5.97 Å². The van der Waals surface area contributed by atoms with E-state index in [0.29, 0.717) is 39.7 Å². The normalized spacial score (nSPS) is 10.5. The average molecular weight is 448 g/mol. The maximum absolute atomic E-state index is 12.7. The molecule has 0 bridgehead atoms. The summed E-state index contributed by atoms with van der Waals surface area (Å²) >= 11 is 0. The van der Waals surface area contributed by atoms with Gasteiger partial charge in [0.1, 0.15) is 17.2 Å². The Morgan fingerprint density at radius 1 is 0.697 bits per heavy atom. The molecule has 0 saturated heterocycles. The van der Waals surface area contributed by atoms with E-state index in [0.717, 1.165) is 0 Å². The summed E-state index contributed by atoms with van der Waals surface area (Å²) in [5.41, 5.74) is 1.44. The van der Waals surface area contributed by atoms with Gasteiger partial charge in [0.05, 0.1) is 39.6 Å². The lowest BCUT2D eigenvalue weighted by atomic mass is 10.1. The van der Waals surface area contributed by atoms with Crippen LogP contribution >= 0.6 is 0 Å². The third-order valence-corrected chi connectivity index (χ3v) is 4.80. The fourth-order valence-electron chi connectivity index (χ4n) is 3.04. The molecule has 7 nitrogen and oxygen atoms in total. The molecule has 0 aliphatic rings. The van der Waals surface area contributed by atoms with Crippen molar-refractivity contribution in [3.63, 3.8) is 0 Å². The first-order valence-electron chi connectivity index (χ1n) is 9.97. The van der Waals surface area contributed by atoms with Crippen molar-refractivity contribution in [1.29, 1.82) is 0 Å². The summed E-state index contributed by atoms with van der Waals surface area (Å²) < 4.78 is 26.4. The molecule has 3 aromatic carbocycles. The number of methoxy groups -OCH3 is 4. The first kappa shape index (κ1) is 23.4. The molecule has 0 saturated carbocycles. The highest BCUT2D eigenvalue weighted by Crippen LogP contribution is 2.30. The van der Waals surface area contributed by atoms with E-state index in [9.17, 15) is 9.59 Å². The lowest BCUT2D eigenvalue weighted by molar-refractivity contribution is 0.0729. The Labute approximate surface area is 192 Å². The number of carbonyl (C=O) groups excluding carboxylic acids is 2. The van der Waals surface area contributed by atoms with E-state index in [1.807, 2.05) is 0 Å². The highest BCUT2D eigenvalue weighted by Gasteiger charge is 2.14. The lowest BCUT2D eigenvalue weighted by Gasteiger charge is -2.10. The number of ketones is 1. The van der Waals surface area contributed by atoms with Crippen molar-refractivity contribution >= 4 is 17.8 Å². The molecule has 170 valence electrons. The molecular formula is C26H24O7. The number of benzene rings is 3. The molecule has 3 rings (SSSR count). The summed E-state index contributed by atoms with van der Waals surface area (Å²) in [5.74, 6) is 1.39. The minimum absolute atomic E-state index is 0.234. The smallest absolute Gasteiger partial charge is 0.343 e. The highest BCUT2D eigenvalue weighted by molar-refractivity contribution is 6.08. The molecule has 7 heteroatoms.